The Morgan fingerprint density at radius 3 is 2.45 bits per heavy atom. The van der Waals surface area contributed by atoms with Crippen LogP contribution < -0.4 is 0 Å². The molecule has 1 amide bonds. The molecule has 1 aliphatic rings. The van der Waals surface area contributed by atoms with Crippen molar-refractivity contribution in [2.45, 2.75) is 34.1 Å². The van der Waals surface area contributed by atoms with Crippen LogP contribution in [0.4, 0.5) is 0 Å². The Kier molecular flexibility index (Phi) is 5.22. The molecular formula is C18H25NO3. The van der Waals surface area contributed by atoms with E-state index in [4.69, 9.17) is 4.74 Å². The van der Waals surface area contributed by atoms with Gasteiger partial charge in [-0.15, -0.1) is 0 Å². The van der Waals surface area contributed by atoms with Crippen molar-refractivity contribution < 1.29 is 14.3 Å². The minimum absolute atomic E-state index is 0.0999. The maximum absolute atomic E-state index is 12.2. The van der Waals surface area contributed by atoms with Gasteiger partial charge in [0.1, 0.15) is 0 Å². The van der Waals surface area contributed by atoms with Crippen LogP contribution in [-0.4, -0.2) is 36.5 Å². The molecule has 0 saturated carbocycles. The molecule has 0 N–H and O–H groups in total. The van der Waals surface area contributed by atoms with Gasteiger partial charge in [-0.25, -0.2) is 4.79 Å². The van der Waals surface area contributed by atoms with Gasteiger partial charge in [-0.3, -0.25) is 4.79 Å². The van der Waals surface area contributed by atoms with Crippen LogP contribution in [0, 0.1) is 25.7 Å². The van der Waals surface area contributed by atoms with Crippen LogP contribution in [0.3, 0.4) is 0 Å². The highest BCUT2D eigenvalue weighted by Gasteiger charge is 2.26. The zero-order valence-electron chi connectivity index (χ0n) is 13.9. The average Bonchev–Trinajstić information content (AvgIpc) is 2.46. The standard InChI is InChI=1S/C18H25NO3/c1-12-8-13(2)10-19(9-12)17(20)11-22-18(21)16-7-5-6-14(3)15(16)4/h5-7,12-13H,8-11H2,1-4H3/t12-,13-/m0/s1. The van der Waals surface area contributed by atoms with Crippen molar-refractivity contribution >= 4 is 11.9 Å². The molecule has 0 radical (unpaired) electrons. The molecule has 1 aromatic rings. The van der Waals surface area contributed by atoms with Crippen LogP contribution in [-0.2, 0) is 9.53 Å². The molecule has 0 bridgehead atoms. The van der Waals surface area contributed by atoms with E-state index in [0.29, 0.717) is 17.4 Å². The quantitative estimate of drug-likeness (QED) is 0.807. The number of aryl methyl sites for hydroxylation is 1. The smallest absolute Gasteiger partial charge is 0.338 e. The fourth-order valence-corrected chi connectivity index (χ4v) is 3.14. The van der Waals surface area contributed by atoms with Gasteiger partial charge >= 0.3 is 5.97 Å². The van der Waals surface area contributed by atoms with Crippen molar-refractivity contribution in [3.8, 4) is 0 Å². The van der Waals surface area contributed by atoms with E-state index in [9.17, 15) is 9.59 Å². The van der Waals surface area contributed by atoms with Gasteiger partial charge in [0.15, 0.2) is 6.61 Å². The molecule has 4 nitrogen and oxygen atoms in total. The highest BCUT2D eigenvalue weighted by Crippen LogP contribution is 2.21. The predicted molar refractivity (Wildman–Crippen MR) is 85.7 cm³/mol. The number of likely N-dealkylation sites (tertiary alicyclic amines) is 1. The lowest BCUT2D eigenvalue weighted by Crippen LogP contribution is -2.44. The largest absolute Gasteiger partial charge is 0.452 e. The summed E-state index contributed by atoms with van der Waals surface area (Å²) in [6.45, 7) is 9.48. The normalized spacial score (nSPS) is 21.5. The van der Waals surface area contributed by atoms with Gasteiger partial charge in [0.25, 0.3) is 5.91 Å². The molecule has 0 aliphatic carbocycles. The molecule has 1 aromatic carbocycles. The molecule has 22 heavy (non-hydrogen) atoms. The molecule has 2 rings (SSSR count). The molecule has 2 atom stereocenters. The first-order valence-corrected chi connectivity index (χ1v) is 7.89. The fourth-order valence-electron chi connectivity index (χ4n) is 3.14. The number of ether oxygens (including phenoxy) is 1. The van der Waals surface area contributed by atoms with Gasteiger partial charge < -0.3 is 9.64 Å². The van der Waals surface area contributed by atoms with Gasteiger partial charge in [0.05, 0.1) is 5.56 Å². The Bertz CT molecular complexity index is 557. The van der Waals surface area contributed by atoms with Crippen molar-refractivity contribution in [3.05, 3.63) is 34.9 Å². The van der Waals surface area contributed by atoms with Crippen LogP contribution in [0.15, 0.2) is 18.2 Å². The average molecular weight is 303 g/mol. The summed E-state index contributed by atoms with van der Waals surface area (Å²) < 4.78 is 5.22. The lowest BCUT2D eigenvalue weighted by Gasteiger charge is -2.34. The number of benzene rings is 1. The topological polar surface area (TPSA) is 46.6 Å². The van der Waals surface area contributed by atoms with Gasteiger partial charge in [0, 0.05) is 13.1 Å². The molecule has 0 spiro atoms. The summed E-state index contributed by atoms with van der Waals surface area (Å²) in [5.41, 5.74) is 2.48. The molecule has 120 valence electrons. The van der Waals surface area contributed by atoms with E-state index in [-0.39, 0.29) is 12.5 Å². The van der Waals surface area contributed by atoms with Gasteiger partial charge in [0.2, 0.25) is 0 Å². The van der Waals surface area contributed by atoms with Crippen molar-refractivity contribution in [2.75, 3.05) is 19.7 Å². The Morgan fingerprint density at radius 2 is 1.82 bits per heavy atom. The third-order valence-corrected chi connectivity index (χ3v) is 4.37. The van der Waals surface area contributed by atoms with E-state index in [1.54, 1.807) is 6.07 Å². The second kappa shape index (κ2) is 6.95. The second-order valence-corrected chi connectivity index (χ2v) is 6.57. The maximum Gasteiger partial charge on any atom is 0.338 e. The first-order valence-electron chi connectivity index (χ1n) is 7.89. The Labute approximate surface area is 132 Å². The Hall–Kier alpha value is -1.84. The van der Waals surface area contributed by atoms with E-state index in [2.05, 4.69) is 13.8 Å². The minimum Gasteiger partial charge on any atom is -0.452 e. The number of esters is 1. The summed E-state index contributed by atoms with van der Waals surface area (Å²) in [5.74, 6) is 0.481. The monoisotopic (exact) mass is 303 g/mol. The molecule has 0 aromatic heterocycles. The number of nitrogens with zero attached hydrogens (tertiary/aromatic N) is 1. The Morgan fingerprint density at radius 1 is 1.18 bits per heavy atom. The number of amides is 1. The van der Waals surface area contributed by atoms with Crippen molar-refractivity contribution in [1.29, 1.82) is 0 Å². The summed E-state index contributed by atoms with van der Waals surface area (Å²) in [6.07, 6.45) is 1.14. The van der Waals surface area contributed by atoms with Gasteiger partial charge in [-0.2, -0.15) is 0 Å². The van der Waals surface area contributed by atoms with Crippen molar-refractivity contribution in [1.82, 2.24) is 4.90 Å². The number of hydrogen-bond acceptors (Lipinski definition) is 3. The maximum atomic E-state index is 12.2. The van der Waals surface area contributed by atoms with Crippen LogP contribution in [0.25, 0.3) is 0 Å². The molecule has 1 fully saturated rings. The summed E-state index contributed by atoms with van der Waals surface area (Å²) in [5, 5.41) is 0. The van der Waals surface area contributed by atoms with E-state index in [1.807, 2.05) is 30.9 Å². The lowest BCUT2D eigenvalue weighted by atomic mass is 9.92. The molecule has 1 saturated heterocycles. The zero-order chi connectivity index (χ0) is 16.3. The molecule has 4 heteroatoms. The minimum atomic E-state index is -0.423. The van der Waals surface area contributed by atoms with Gasteiger partial charge in [-0.1, -0.05) is 26.0 Å². The molecular weight excluding hydrogens is 278 g/mol. The molecule has 1 heterocycles. The summed E-state index contributed by atoms with van der Waals surface area (Å²) in [7, 11) is 0. The van der Waals surface area contributed by atoms with Crippen LogP contribution in [0.2, 0.25) is 0 Å². The van der Waals surface area contributed by atoms with Crippen LogP contribution >= 0.6 is 0 Å². The van der Waals surface area contributed by atoms with Crippen molar-refractivity contribution in [3.63, 3.8) is 0 Å². The third kappa shape index (κ3) is 3.87. The van der Waals surface area contributed by atoms with E-state index in [0.717, 1.165) is 30.6 Å². The van der Waals surface area contributed by atoms with E-state index >= 15 is 0 Å². The zero-order valence-corrected chi connectivity index (χ0v) is 13.9. The predicted octanol–water partition coefficient (Wildman–Crippen LogP) is 2.96. The lowest BCUT2D eigenvalue weighted by molar-refractivity contribution is -0.137. The number of piperidine rings is 1. The number of carbonyl (C=O) groups is 2. The molecule has 1 aliphatic heterocycles. The van der Waals surface area contributed by atoms with Crippen molar-refractivity contribution in [2.24, 2.45) is 11.8 Å². The number of hydrogen-bond donors (Lipinski definition) is 0. The third-order valence-electron chi connectivity index (χ3n) is 4.37. The number of carbonyl (C=O) groups excluding carboxylic acids is 2. The highest BCUT2D eigenvalue weighted by atomic mass is 16.5. The SMILES string of the molecule is Cc1cccc(C(=O)OCC(=O)N2C[C@@H](C)C[C@H](C)C2)c1C. The van der Waals surface area contributed by atoms with Crippen LogP contribution in [0.5, 0.6) is 0 Å². The van der Waals surface area contributed by atoms with E-state index in [1.165, 1.54) is 0 Å². The first kappa shape index (κ1) is 16.5. The van der Waals surface area contributed by atoms with Crippen LogP contribution in [0.1, 0.15) is 41.8 Å². The fraction of sp³-hybridized carbons (Fsp3) is 0.556. The highest BCUT2D eigenvalue weighted by molar-refractivity contribution is 5.93. The van der Waals surface area contributed by atoms with Gasteiger partial charge in [-0.05, 0) is 49.3 Å². The summed E-state index contributed by atoms with van der Waals surface area (Å²) >= 11 is 0. The second-order valence-electron chi connectivity index (χ2n) is 6.57. The molecule has 0 unspecified atom stereocenters. The summed E-state index contributed by atoms with van der Waals surface area (Å²) in [6, 6.07) is 5.52. The van der Waals surface area contributed by atoms with E-state index < -0.39 is 5.97 Å². The summed E-state index contributed by atoms with van der Waals surface area (Å²) in [4.78, 5) is 26.2. The Balaban J connectivity index is 1.93. The number of rotatable bonds is 3. The first-order chi connectivity index (χ1) is 10.4.